The van der Waals surface area contributed by atoms with Gasteiger partial charge in [0.25, 0.3) is 0 Å². The van der Waals surface area contributed by atoms with Gasteiger partial charge in [0.05, 0.1) is 0 Å². The molecule has 0 radical (unpaired) electrons. The Morgan fingerprint density at radius 2 is 1.46 bits per heavy atom. The van der Waals surface area contributed by atoms with Crippen LogP contribution in [0.1, 0.15) is 16.7 Å². The van der Waals surface area contributed by atoms with E-state index < -0.39 is 25.8 Å². The lowest BCUT2D eigenvalue weighted by molar-refractivity contribution is 0.400. The number of halogens is 3. The Hall–Kier alpha value is -1.19. The molecule has 0 spiro atoms. The van der Waals surface area contributed by atoms with Gasteiger partial charge in [0, 0.05) is 11.1 Å². The fourth-order valence-corrected chi connectivity index (χ4v) is 1.11. The summed E-state index contributed by atoms with van der Waals surface area (Å²) in [5.74, 6) is -0.472. The summed E-state index contributed by atoms with van der Waals surface area (Å²) in [4.78, 5) is 0. The van der Waals surface area contributed by atoms with Gasteiger partial charge in [-0.2, -0.15) is 0 Å². The number of hydrogen-bond acceptors (Lipinski definition) is 1. The lowest BCUT2D eigenvalue weighted by Gasteiger charge is -2.08. The van der Waals surface area contributed by atoms with Crippen LogP contribution < -0.4 is 0 Å². The third-order valence-electron chi connectivity index (χ3n) is 1.88. The molecule has 0 fully saturated rings. The molecule has 1 aromatic rings. The zero-order valence-corrected chi connectivity index (χ0v) is 6.86. The Morgan fingerprint density at radius 1 is 0.923 bits per heavy atom. The van der Waals surface area contributed by atoms with Gasteiger partial charge in [-0.3, -0.25) is 0 Å². The molecule has 0 aliphatic carbocycles. The number of aromatic hydroxyl groups is 1. The van der Waals surface area contributed by atoms with Crippen molar-refractivity contribution in [3.63, 3.8) is 0 Å². The van der Waals surface area contributed by atoms with Crippen LogP contribution in [-0.4, -0.2) is 5.11 Å². The average molecular weight is 190 g/mol. The Bertz CT molecular complexity index is 299. The predicted octanol–water partition coefficient (Wildman–Crippen LogP) is 2.80. The summed E-state index contributed by atoms with van der Waals surface area (Å²) in [6, 6.07) is 2.53. The van der Waals surface area contributed by atoms with Crippen molar-refractivity contribution < 1.29 is 18.3 Å². The molecule has 0 amide bonds. The van der Waals surface area contributed by atoms with Crippen LogP contribution in [0.5, 0.6) is 5.75 Å². The van der Waals surface area contributed by atoms with E-state index in [1.807, 2.05) is 0 Å². The maximum atomic E-state index is 12.3. The molecule has 1 nitrogen and oxygen atoms in total. The van der Waals surface area contributed by atoms with E-state index in [1.54, 1.807) is 0 Å². The van der Waals surface area contributed by atoms with Crippen molar-refractivity contribution in [3.8, 4) is 5.75 Å². The second-order valence-electron chi connectivity index (χ2n) is 2.61. The molecule has 4 heteroatoms. The molecule has 0 saturated heterocycles. The summed E-state index contributed by atoms with van der Waals surface area (Å²) in [7, 11) is 0. The highest BCUT2D eigenvalue weighted by Gasteiger charge is 2.11. The smallest absolute Gasteiger partial charge is 0.127 e. The van der Waals surface area contributed by atoms with Gasteiger partial charge in [-0.1, -0.05) is 12.1 Å². The van der Waals surface area contributed by atoms with Gasteiger partial charge in [0.1, 0.15) is 25.8 Å². The molecule has 72 valence electrons. The van der Waals surface area contributed by atoms with Crippen molar-refractivity contribution in [1.82, 2.24) is 0 Å². The number of rotatable bonds is 3. The largest absolute Gasteiger partial charge is 0.507 e. The first-order valence-corrected chi connectivity index (χ1v) is 3.75. The van der Waals surface area contributed by atoms with Crippen molar-refractivity contribution >= 4 is 0 Å². The molecule has 0 aliphatic rings. The second kappa shape index (κ2) is 4.16. The van der Waals surface area contributed by atoms with Gasteiger partial charge in [-0.25, -0.2) is 13.2 Å². The number of phenols is 1. The molecule has 0 unspecified atom stereocenters. The van der Waals surface area contributed by atoms with E-state index in [0.29, 0.717) is 0 Å². The van der Waals surface area contributed by atoms with Gasteiger partial charge in [-0.15, -0.1) is 0 Å². The molecule has 0 aromatic heterocycles. The number of alkyl halides is 3. The van der Waals surface area contributed by atoms with Crippen LogP contribution in [0.15, 0.2) is 12.1 Å². The van der Waals surface area contributed by atoms with E-state index in [1.165, 1.54) is 12.1 Å². The fraction of sp³-hybridized carbons (Fsp3) is 0.333. The summed E-state index contributed by atoms with van der Waals surface area (Å²) in [5, 5.41) is 9.25. The summed E-state index contributed by atoms with van der Waals surface area (Å²) < 4.78 is 36.7. The number of phenolic OH excluding ortho intramolecular Hbond substituents is 1. The normalized spacial score (nSPS) is 10.4. The summed E-state index contributed by atoms with van der Waals surface area (Å²) >= 11 is 0. The highest BCUT2D eigenvalue weighted by Crippen LogP contribution is 2.28. The lowest BCUT2D eigenvalue weighted by atomic mass is 10.0. The van der Waals surface area contributed by atoms with Crippen LogP contribution in [0.25, 0.3) is 0 Å². The first-order valence-electron chi connectivity index (χ1n) is 3.75. The molecule has 0 bridgehead atoms. The van der Waals surface area contributed by atoms with Crippen molar-refractivity contribution in [2.24, 2.45) is 0 Å². The van der Waals surface area contributed by atoms with Gasteiger partial charge < -0.3 is 5.11 Å². The van der Waals surface area contributed by atoms with E-state index in [9.17, 15) is 18.3 Å². The van der Waals surface area contributed by atoms with Crippen molar-refractivity contribution in [1.29, 1.82) is 0 Å². The molecule has 0 aliphatic heterocycles. The zero-order valence-electron chi connectivity index (χ0n) is 6.86. The molecule has 0 heterocycles. The Morgan fingerprint density at radius 3 is 1.92 bits per heavy atom. The molecule has 1 rings (SSSR count). The lowest BCUT2D eigenvalue weighted by Crippen LogP contribution is -1.93. The maximum absolute atomic E-state index is 12.3. The number of benzene rings is 1. The van der Waals surface area contributed by atoms with E-state index >= 15 is 0 Å². The highest BCUT2D eigenvalue weighted by molar-refractivity contribution is 5.44. The van der Waals surface area contributed by atoms with Crippen LogP contribution >= 0.6 is 0 Å². The van der Waals surface area contributed by atoms with Gasteiger partial charge in [0.2, 0.25) is 0 Å². The topological polar surface area (TPSA) is 20.2 Å². The molecule has 0 atom stereocenters. The van der Waals surface area contributed by atoms with Crippen molar-refractivity contribution in [3.05, 3.63) is 28.8 Å². The van der Waals surface area contributed by atoms with E-state index in [0.717, 1.165) is 0 Å². The van der Waals surface area contributed by atoms with Crippen LogP contribution in [-0.2, 0) is 20.0 Å². The third kappa shape index (κ3) is 1.76. The van der Waals surface area contributed by atoms with Crippen molar-refractivity contribution in [2.45, 2.75) is 20.0 Å². The first kappa shape index (κ1) is 9.89. The minimum absolute atomic E-state index is 0.00940. The average Bonchev–Trinajstić information content (AvgIpc) is 2.17. The van der Waals surface area contributed by atoms with Crippen LogP contribution in [0.2, 0.25) is 0 Å². The van der Waals surface area contributed by atoms with Crippen LogP contribution in [0, 0.1) is 0 Å². The minimum atomic E-state index is -0.987. The summed E-state index contributed by atoms with van der Waals surface area (Å²) in [5.41, 5.74) is -0.0975. The van der Waals surface area contributed by atoms with Gasteiger partial charge in [0.15, 0.2) is 0 Å². The number of hydrogen-bond donors (Lipinski definition) is 1. The molecular weight excluding hydrogens is 181 g/mol. The molecule has 13 heavy (non-hydrogen) atoms. The molecular formula is C9H9F3O. The Kier molecular flexibility index (Phi) is 3.17. The Labute approximate surface area is 73.8 Å². The maximum Gasteiger partial charge on any atom is 0.127 e. The first-order chi connectivity index (χ1) is 6.24. The third-order valence-corrected chi connectivity index (χ3v) is 1.88. The standard InChI is InChI=1S/C9H9F3O/c10-3-6-1-2-7(4-11)9(13)8(6)5-12/h1-2,13H,3-5H2. The fourth-order valence-electron chi connectivity index (χ4n) is 1.11. The van der Waals surface area contributed by atoms with Crippen LogP contribution in [0.3, 0.4) is 0 Å². The highest BCUT2D eigenvalue weighted by atomic mass is 19.1. The SMILES string of the molecule is Oc1c(CF)ccc(CF)c1CF. The molecule has 1 aromatic carbocycles. The van der Waals surface area contributed by atoms with Crippen LogP contribution in [0.4, 0.5) is 13.2 Å². The van der Waals surface area contributed by atoms with Gasteiger partial charge in [-0.05, 0) is 5.56 Å². The second-order valence-corrected chi connectivity index (χ2v) is 2.61. The molecule has 1 N–H and O–H groups in total. The van der Waals surface area contributed by atoms with E-state index in [-0.39, 0.29) is 16.7 Å². The predicted molar refractivity (Wildman–Crippen MR) is 42.5 cm³/mol. The van der Waals surface area contributed by atoms with Crippen molar-refractivity contribution in [2.75, 3.05) is 0 Å². The molecule has 0 saturated carbocycles. The van der Waals surface area contributed by atoms with E-state index in [2.05, 4.69) is 0 Å². The quantitative estimate of drug-likeness (QED) is 0.776. The monoisotopic (exact) mass is 190 g/mol. The summed E-state index contributed by atoms with van der Waals surface area (Å²) in [6.45, 7) is -2.73. The minimum Gasteiger partial charge on any atom is -0.507 e. The van der Waals surface area contributed by atoms with E-state index in [4.69, 9.17) is 0 Å². The summed E-state index contributed by atoms with van der Waals surface area (Å²) in [6.07, 6.45) is 0. The van der Waals surface area contributed by atoms with Gasteiger partial charge >= 0.3 is 0 Å². The zero-order chi connectivity index (χ0) is 9.84. The Balaban J connectivity index is 3.23.